The summed E-state index contributed by atoms with van der Waals surface area (Å²) in [4.78, 5) is 0. The number of hydrogen-bond donors (Lipinski definition) is 1. The van der Waals surface area contributed by atoms with Crippen molar-refractivity contribution in [3.8, 4) is 5.75 Å². The van der Waals surface area contributed by atoms with Crippen LogP contribution in [0.2, 0.25) is 0 Å². The number of rotatable bonds is 5. The molecule has 0 spiro atoms. The third-order valence-corrected chi connectivity index (χ3v) is 2.46. The molecule has 1 rings (SSSR count). The van der Waals surface area contributed by atoms with Crippen molar-refractivity contribution in [1.29, 1.82) is 0 Å². The first kappa shape index (κ1) is 16.8. The van der Waals surface area contributed by atoms with Gasteiger partial charge >= 0.3 is 6.18 Å². The van der Waals surface area contributed by atoms with Gasteiger partial charge in [-0.3, -0.25) is 0 Å². The molecular formula is C14H20F3NO2. The van der Waals surface area contributed by atoms with Crippen molar-refractivity contribution in [2.45, 2.75) is 39.1 Å². The second-order valence-corrected chi connectivity index (χ2v) is 5.34. The predicted molar refractivity (Wildman–Crippen MR) is 70.5 cm³/mol. The van der Waals surface area contributed by atoms with Gasteiger partial charge in [0.15, 0.2) is 0 Å². The maximum atomic E-state index is 12.9. The Hall–Kier alpha value is -1.27. The highest BCUT2D eigenvalue weighted by Gasteiger charge is 2.34. The summed E-state index contributed by atoms with van der Waals surface area (Å²) in [6, 6.07) is 3.83. The molecule has 6 heteroatoms. The van der Waals surface area contributed by atoms with Crippen LogP contribution in [0.15, 0.2) is 18.2 Å². The normalized spacial score (nSPS) is 12.6. The van der Waals surface area contributed by atoms with Gasteiger partial charge in [-0.2, -0.15) is 13.2 Å². The first-order valence-corrected chi connectivity index (χ1v) is 6.30. The fourth-order valence-electron chi connectivity index (χ4n) is 1.55. The van der Waals surface area contributed by atoms with Gasteiger partial charge in [0.05, 0.1) is 17.8 Å². The lowest BCUT2D eigenvalue weighted by Gasteiger charge is -2.20. The van der Waals surface area contributed by atoms with Crippen molar-refractivity contribution in [3.63, 3.8) is 0 Å². The maximum absolute atomic E-state index is 12.9. The lowest BCUT2D eigenvalue weighted by molar-refractivity contribution is -0.139. The smallest absolute Gasteiger partial charge is 0.419 e. The Morgan fingerprint density at radius 2 is 1.75 bits per heavy atom. The van der Waals surface area contributed by atoms with Crippen LogP contribution in [-0.4, -0.2) is 18.8 Å². The summed E-state index contributed by atoms with van der Waals surface area (Å²) in [5.41, 5.74) is 4.61. The molecule has 114 valence electrons. The molecule has 0 saturated heterocycles. The van der Waals surface area contributed by atoms with E-state index in [2.05, 4.69) is 0 Å². The second kappa shape index (κ2) is 6.45. The minimum atomic E-state index is -4.47. The Morgan fingerprint density at radius 1 is 1.10 bits per heavy atom. The Balaban J connectivity index is 2.74. The molecule has 0 atom stereocenters. The predicted octanol–water partition coefficient (Wildman–Crippen LogP) is 3.36. The van der Waals surface area contributed by atoms with Crippen LogP contribution in [0.4, 0.5) is 13.2 Å². The molecule has 0 saturated carbocycles. The summed E-state index contributed by atoms with van der Waals surface area (Å²) in [6.45, 7) is 5.93. The molecule has 0 aliphatic heterocycles. The zero-order valence-electron chi connectivity index (χ0n) is 11.9. The average molecular weight is 291 g/mol. The van der Waals surface area contributed by atoms with Gasteiger partial charge < -0.3 is 15.2 Å². The number of hydrogen-bond acceptors (Lipinski definition) is 3. The maximum Gasteiger partial charge on any atom is 0.419 e. The zero-order chi connectivity index (χ0) is 15.4. The minimum absolute atomic E-state index is 0.0521. The lowest BCUT2D eigenvalue weighted by atomic mass is 10.1. The van der Waals surface area contributed by atoms with E-state index in [4.69, 9.17) is 15.2 Å². The van der Waals surface area contributed by atoms with Crippen molar-refractivity contribution in [3.05, 3.63) is 29.3 Å². The van der Waals surface area contributed by atoms with Gasteiger partial charge in [-0.15, -0.1) is 0 Å². The van der Waals surface area contributed by atoms with Crippen molar-refractivity contribution in [1.82, 2.24) is 0 Å². The van der Waals surface area contributed by atoms with E-state index in [9.17, 15) is 13.2 Å². The highest BCUT2D eigenvalue weighted by atomic mass is 19.4. The van der Waals surface area contributed by atoms with Gasteiger partial charge in [0, 0.05) is 6.54 Å². The highest BCUT2D eigenvalue weighted by Crippen LogP contribution is 2.36. The van der Waals surface area contributed by atoms with Crippen LogP contribution < -0.4 is 10.5 Å². The summed E-state index contributed by atoms with van der Waals surface area (Å²) >= 11 is 0. The van der Waals surface area contributed by atoms with Gasteiger partial charge in [0.1, 0.15) is 12.4 Å². The number of alkyl halides is 3. The molecule has 0 aliphatic rings. The Morgan fingerprint density at radius 3 is 2.25 bits per heavy atom. The summed E-state index contributed by atoms with van der Waals surface area (Å²) in [6.07, 6.45) is -4.47. The Bertz CT molecular complexity index is 439. The average Bonchev–Trinajstić information content (AvgIpc) is 2.32. The topological polar surface area (TPSA) is 44.5 Å². The van der Waals surface area contributed by atoms with Gasteiger partial charge in [-0.1, -0.05) is 6.07 Å². The minimum Gasteiger partial charge on any atom is -0.491 e. The number of nitrogens with two attached hydrogens (primary N) is 1. The van der Waals surface area contributed by atoms with E-state index in [-0.39, 0.29) is 31.1 Å². The number of benzene rings is 1. The molecular weight excluding hydrogens is 271 g/mol. The molecule has 20 heavy (non-hydrogen) atoms. The van der Waals surface area contributed by atoms with E-state index in [1.165, 1.54) is 12.1 Å². The zero-order valence-corrected chi connectivity index (χ0v) is 11.9. The molecule has 0 amide bonds. The molecule has 1 aromatic rings. The molecule has 0 heterocycles. The third-order valence-electron chi connectivity index (χ3n) is 2.46. The van der Waals surface area contributed by atoms with Crippen molar-refractivity contribution in [2.75, 3.05) is 13.2 Å². The molecule has 3 nitrogen and oxygen atoms in total. The van der Waals surface area contributed by atoms with E-state index >= 15 is 0 Å². The summed E-state index contributed by atoms with van der Waals surface area (Å²) in [5.74, 6) is -0.202. The molecule has 2 N–H and O–H groups in total. The SMILES string of the molecule is CC(C)(C)OCCOc1ccc(CN)cc1C(F)(F)F. The molecule has 0 aromatic heterocycles. The molecule has 0 aliphatic carbocycles. The fourth-order valence-corrected chi connectivity index (χ4v) is 1.55. The van der Waals surface area contributed by atoms with Crippen molar-refractivity contribution >= 4 is 0 Å². The van der Waals surface area contributed by atoms with Crippen LogP contribution in [0.1, 0.15) is 31.9 Å². The molecule has 0 unspecified atom stereocenters. The van der Waals surface area contributed by atoms with Crippen LogP contribution in [0, 0.1) is 0 Å². The van der Waals surface area contributed by atoms with Crippen LogP contribution in [0.5, 0.6) is 5.75 Å². The monoisotopic (exact) mass is 291 g/mol. The van der Waals surface area contributed by atoms with E-state index < -0.39 is 11.7 Å². The Labute approximate surface area is 116 Å². The van der Waals surface area contributed by atoms with Gasteiger partial charge in [0.25, 0.3) is 0 Å². The first-order chi connectivity index (χ1) is 9.13. The fraction of sp³-hybridized carbons (Fsp3) is 0.571. The number of halogens is 3. The van der Waals surface area contributed by atoms with E-state index in [0.29, 0.717) is 5.56 Å². The first-order valence-electron chi connectivity index (χ1n) is 6.30. The summed E-state index contributed by atoms with van der Waals surface area (Å²) in [5, 5.41) is 0. The molecule has 0 radical (unpaired) electrons. The van der Waals surface area contributed by atoms with Crippen LogP contribution in [0.3, 0.4) is 0 Å². The summed E-state index contributed by atoms with van der Waals surface area (Å²) in [7, 11) is 0. The number of ether oxygens (including phenoxy) is 2. The van der Waals surface area contributed by atoms with Gasteiger partial charge in [0.2, 0.25) is 0 Å². The largest absolute Gasteiger partial charge is 0.491 e. The molecule has 0 bridgehead atoms. The summed E-state index contributed by atoms with van der Waals surface area (Å²) < 4.78 is 49.3. The van der Waals surface area contributed by atoms with Crippen molar-refractivity contribution < 1.29 is 22.6 Å². The van der Waals surface area contributed by atoms with E-state index in [1.54, 1.807) is 0 Å². The van der Waals surface area contributed by atoms with Gasteiger partial charge in [-0.25, -0.2) is 0 Å². The lowest BCUT2D eigenvalue weighted by Crippen LogP contribution is -2.23. The highest BCUT2D eigenvalue weighted by molar-refractivity contribution is 5.39. The third kappa shape index (κ3) is 5.38. The Kier molecular flexibility index (Phi) is 5.42. The van der Waals surface area contributed by atoms with Crippen molar-refractivity contribution in [2.24, 2.45) is 5.73 Å². The second-order valence-electron chi connectivity index (χ2n) is 5.34. The van der Waals surface area contributed by atoms with Crippen LogP contribution in [-0.2, 0) is 17.5 Å². The van der Waals surface area contributed by atoms with E-state index in [0.717, 1.165) is 6.07 Å². The van der Waals surface area contributed by atoms with Crippen LogP contribution >= 0.6 is 0 Å². The van der Waals surface area contributed by atoms with E-state index in [1.807, 2.05) is 20.8 Å². The van der Waals surface area contributed by atoms with Crippen LogP contribution in [0.25, 0.3) is 0 Å². The van der Waals surface area contributed by atoms with Gasteiger partial charge in [-0.05, 0) is 38.5 Å². The standard InChI is InChI=1S/C14H20F3NO2/c1-13(2,3)20-7-6-19-12-5-4-10(9-18)8-11(12)14(15,16)17/h4-5,8H,6-7,9,18H2,1-3H3. The quantitative estimate of drug-likeness (QED) is 0.846. The molecule has 0 fully saturated rings. The molecule has 1 aromatic carbocycles.